The number of thiophene rings is 1. The van der Waals surface area contributed by atoms with Crippen LogP contribution in [0.4, 0.5) is 0 Å². The van der Waals surface area contributed by atoms with Gasteiger partial charge >= 0.3 is 0 Å². The molecule has 0 aromatic carbocycles. The van der Waals surface area contributed by atoms with Gasteiger partial charge in [0, 0.05) is 26.2 Å². The standard InChI is InChI=1S/C12H15Cl2N3O2S/c1-2-16-11(18)8-6-15-3-4-17(8)12(19)7-5-9(13)20-10(7)14/h5,8,15H,2-4,6H2,1H3,(H,16,18). The van der Waals surface area contributed by atoms with Crippen molar-refractivity contribution in [3.8, 4) is 0 Å². The van der Waals surface area contributed by atoms with Crippen molar-refractivity contribution in [2.24, 2.45) is 0 Å². The molecule has 1 aromatic heterocycles. The number of rotatable bonds is 3. The zero-order valence-electron chi connectivity index (χ0n) is 10.9. The summed E-state index contributed by atoms with van der Waals surface area (Å²) >= 11 is 13.0. The van der Waals surface area contributed by atoms with Gasteiger partial charge in [0.2, 0.25) is 5.91 Å². The van der Waals surface area contributed by atoms with Crippen LogP contribution in [0.3, 0.4) is 0 Å². The molecule has 0 radical (unpaired) electrons. The van der Waals surface area contributed by atoms with Crippen LogP contribution in [0.25, 0.3) is 0 Å². The molecule has 2 N–H and O–H groups in total. The van der Waals surface area contributed by atoms with E-state index in [9.17, 15) is 9.59 Å². The molecule has 5 nitrogen and oxygen atoms in total. The summed E-state index contributed by atoms with van der Waals surface area (Å²) in [4.78, 5) is 26.1. The number of hydrogen-bond acceptors (Lipinski definition) is 4. The summed E-state index contributed by atoms with van der Waals surface area (Å²) in [5, 5.41) is 5.86. The number of carbonyl (C=O) groups is 2. The minimum Gasteiger partial charge on any atom is -0.355 e. The predicted molar refractivity (Wildman–Crippen MR) is 80.7 cm³/mol. The Bertz CT molecular complexity index is 521. The molecule has 1 saturated heterocycles. The molecule has 1 aliphatic heterocycles. The van der Waals surface area contributed by atoms with Crippen LogP contribution in [-0.2, 0) is 4.79 Å². The molecule has 0 spiro atoms. The van der Waals surface area contributed by atoms with Gasteiger partial charge in [-0.3, -0.25) is 9.59 Å². The Kier molecular flexibility index (Phi) is 5.26. The van der Waals surface area contributed by atoms with Crippen LogP contribution in [0.2, 0.25) is 8.67 Å². The van der Waals surface area contributed by atoms with Gasteiger partial charge in [0.1, 0.15) is 10.4 Å². The van der Waals surface area contributed by atoms with Crippen LogP contribution >= 0.6 is 34.5 Å². The van der Waals surface area contributed by atoms with Gasteiger partial charge in [0.25, 0.3) is 5.91 Å². The van der Waals surface area contributed by atoms with Crippen molar-refractivity contribution in [1.29, 1.82) is 0 Å². The number of amides is 2. The molecule has 1 aromatic rings. The molecule has 1 aliphatic rings. The highest BCUT2D eigenvalue weighted by molar-refractivity contribution is 7.20. The minimum absolute atomic E-state index is 0.162. The van der Waals surface area contributed by atoms with E-state index in [0.29, 0.717) is 40.4 Å². The number of likely N-dealkylation sites (N-methyl/N-ethyl adjacent to an activating group) is 1. The summed E-state index contributed by atoms with van der Waals surface area (Å²) < 4.78 is 0.816. The lowest BCUT2D eigenvalue weighted by Gasteiger charge is -2.35. The molecule has 1 fully saturated rings. The van der Waals surface area contributed by atoms with E-state index in [1.165, 1.54) is 0 Å². The van der Waals surface area contributed by atoms with Crippen molar-refractivity contribution in [3.05, 3.63) is 20.3 Å². The van der Waals surface area contributed by atoms with E-state index in [4.69, 9.17) is 23.2 Å². The SMILES string of the molecule is CCNC(=O)C1CNCCN1C(=O)c1cc(Cl)sc1Cl. The molecule has 2 rings (SSSR count). The third-order valence-electron chi connectivity index (χ3n) is 3.05. The third kappa shape index (κ3) is 3.25. The second-order valence-corrected chi connectivity index (χ2v) is 6.64. The van der Waals surface area contributed by atoms with Gasteiger partial charge in [-0.25, -0.2) is 0 Å². The monoisotopic (exact) mass is 335 g/mol. The number of nitrogens with one attached hydrogen (secondary N) is 2. The molecule has 1 atom stereocenters. The van der Waals surface area contributed by atoms with Crippen LogP contribution in [-0.4, -0.2) is 48.9 Å². The van der Waals surface area contributed by atoms with Crippen LogP contribution in [0, 0.1) is 0 Å². The average Bonchev–Trinajstić information content (AvgIpc) is 2.77. The first-order chi connectivity index (χ1) is 9.54. The zero-order chi connectivity index (χ0) is 14.7. The maximum atomic E-state index is 12.5. The lowest BCUT2D eigenvalue weighted by Crippen LogP contribution is -2.59. The van der Waals surface area contributed by atoms with Crippen molar-refractivity contribution >= 4 is 46.4 Å². The van der Waals surface area contributed by atoms with E-state index < -0.39 is 6.04 Å². The van der Waals surface area contributed by atoms with Crippen LogP contribution in [0.1, 0.15) is 17.3 Å². The predicted octanol–water partition coefficient (Wildman–Crippen LogP) is 1.61. The average molecular weight is 336 g/mol. The molecule has 110 valence electrons. The van der Waals surface area contributed by atoms with Gasteiger partial charge < -0.3 is 15.5 Å². The Morgan fingerprint density at radius 2 is 2.30 bits per heavy atom. The summed E-state index contributed by atoms with van der Waals surface area (Å²) in [5.74, 6) is -0.415. The Balaban J connectivity index is 2.21. The highest BCUT2D eigenvalue weighted by atomic mass is 35.5. The number of halogens is 2. The van der Waals surface area contributed by atoms with Gasteiger partial charge in [0.05, 0.1) is 9.90 Å². The normalized spacial score (nSPS) is 18.9. The van der Waals surface area contributed by atoms with E-state index in [1.807, 2.05) is 6.92 Å². The minimum atomic E-state index is -0.522. The maximum absolute atomic E-state index is 12.5. The molecular formula is C12H15Cl2N3O2S. The van der Waals surface area contributed by atoms with Crippen molar-refractivity contribution in [2.75, 3.05) is 26.2 Å². The molecule has 0 saturated carbocycles. The van der Waals surface area contributed by atoms with Crippen molar-refractivity contribution in [1.82, 2.24) is 15.5 Å². The second kappa shape index (κ2) is 6.76. The fourth-order valence-corrected chi connectivity index (χ4v) is 3.56. The largest absolute Gasteiger partial charge is 0.355 e. The topological polar surface area (TPSA) is 61.4 Å². The first kappa shape index (κ1) is 15.6. The summed E-state index contributed by atoms with van der Waals surface area (Å²) in [5.41, 5.74) is 0.359. The van der Waals surface area contributed by atoms with E-state index in [0.717, 1.165) is 11.3 Å². The van der Waals surface area contributed by atoms with E-state index in [1.54, 1.807) is 11.0 Å². The summed E-state index contributed by atoms with van der Waals surface area (Å²) in [6, 6.07) is 1.03. The van der Waals surface area contributed by atoms with E-state index in [2.05, 4.69) is 10.6 Å². The summed E-state index contributed by atoms with van der Waals surface area (Å²) in [7, 11) is 0. The Hall–Kier alpha value is -0.820. The smallest absolute Gasteiger partial charge is 0.257 e. The number of nitrogens with zero attached hydrogens (tertiary/aromatic N) is 1. The van der Waals surface area contributed by atoms with Crippen LogP contribution in [0.5, 0.6) is 0 Å². The van der Waals surface area contributed by atoms with Crippen LogP contribution in [0.15, 0.2) is 6.07 Å². The fourth-order valence-electron chi connectivity index (χ4n) is 2.11. The Morgan fingerprint density at radius 3 is 2.90 bits per heavy atom. The number of hydrogen-bond donors (Lipinski definition) is 2. The summed E-state index contributed by atoms with van der Waals surface area (Å²) in [6.07, 6.45) is 0. The lowest BCUT2D eigenvalue weighted by atomic mass is 10.1. The molecular weight excluding hydrogens is 321 g/mol. The maximum Gasteiger partial charge on any atom is 0.257 e. The highest BCUT2D eigenvalue weighted by Crippen LogP contribution is 2.32. The Morgan fingerprint density at radius 1 is 1.55 bits per heavy atom. The first-order valence-electron chi connectivity index (χ1n) is 6.28. The first-order valence-corrected chi connectivity index (χ1v) is 7.86. The zero-order valence-corrected chi connectivity index (χ0v) is 13.2. The quantitative estimate of drug-likeness (QED) is 0.882. The fraction of sp³-hybridized carbons (Fsp3) is 0.500. The lowest BCUT2D eigenvalue weighted by molar-refractivity contribution is -0.126. The third-order valence-corrected chi connectivity index (χ3v) is 4.53. The highest BCUT2D eigenvalue weighted by Gasteiger charge is 2.33. The Labute approximate surface area is 131 Å². The molecule has 0 aliphatic carbocycles. The molecule has 2 heterocycles. The molecule has 20 heavy (non-hydrogen) atoms. The van der Waals surface area contributed by atoms with Gasteiger partial charge in [-0.05, 0) is 13.0 Å². The van der Waals surface area contributed by atoms with Crippen LogP contribution < -0.4 is 10.6 Å². The molecule has 0 bridgehead atoms. The second-order valence-electron chi connectivity index (χ2n) is 4.35. The van der Waals surface area contributed by atoms with E-state index >= 15 is 0 Å². The van der Waals surface area contributed by atoms with Gasteiger partial charge in [0.15, 0.2) is 0 Å². The van der Waals surface area contributed by atoms with E-state index in [-0.39, 0.29) is 11.8 Å². The molecule has 2 amide bonds. The van der Waals surface area contributed by atoms with Crippen molar-refractivity contribution in [2.45, 2.75) is 13.0 Å². The van der Waals surface area contributed by atoms with Gasteiger partial charge in [-0.1, -0.05) is 23.2 Å². The van der Waals surface area contributed by atoms with Crippen molar-refractivity contribution in [3.63, 3.8) is 0 Å². The molecule has 1 unspecified atom stereocenters. The summed E-state index contributed by atoms with van der Waals surface area (Å²) in [6.45, 7) is 3.92. The van der Waals surface area contributed by atoms with Gasteiger partial charge in [-0.2, -0.15) is 0 Å². The van der Waals surface area contributed by atoms with Gasteiger partial charge in [-0.15, -0.1) is 11.3 Å². The number of piperazine rings is 1. The molecule has 8 heteroatoms. The van der Waals surface area contributed by atoms with Crippen molar-refractivity contribution < 1.29 is 9.59 Å². The number of carbonyl (C=O) groups excluding carboxylic acids is 2.